The first kappa shape index (κ1) is 13.6. The number of halogens is 2. The van der Waals surface area contributed by atoms with Crippen LogP contribution in [0.1, 0.15) is 10.4 Å². The predicted molar refractivity (Wildman–Crippen MR) is 77.8 cm³/mol. The zero-order chi connectivity index (χ0) is 15.0. The van der Waals surface area contributed by atoms with Crippen LogP contribution in [0.2, 0.25) is 10.2 Å². The van der Waals surface area contributed by atoms with Crippen LogP contribution in [0, 0.1) is 0 Å². The highest BCUT2D eigenvalue weighted by Gasteiger charge is 2.15. The number of imidazole rings is 1. The van der Waals surface area contributed by atoms with Gasteiger partial charge in [-0.2, -0.15) is 9.97 Å². The topological polar surface area (TPSA) is 104 Å². The second kappa shape index (κ2) is 5.19. The number of H-pyrrole nitrogens is 1. The number of carbonyl (C=O) groups excluding carboxylic acids is 1. The lowest BCUT2D eigenvalue weighted by Gasteiger charge is -2.06. The Labute approximate surface area is 128 Å². The van der Waals surface area contributed by atoms with Crippen molar-refractivity contribution in [3.8, 4) is 5.75 Å². The van der Waals surface area contributed by atoms with Gasteiger partial charge in [0.25, 0.3) is 5.91 Å². The van der Waals surface area contributed by atoms with E-state index in [4.69, 9.17) is 23.2 Å². The summed E-state index contributed by atoms with van der Waals surface area (Å²) in [6.07, 6.45) is 1.42. The fourth-order valence-corrected chi connectivity index (χ4v) is 2.13. The van der Waals surface area contributed by atoms with Gasteiger partial charge >= 0.3 is 0 Å². The molecular weight excluding hydrogens is 317 g/mol. The fraction of sp³-hybridized carbons (Fsp3) is 0. The molecule has 0 aliphatic carbocycles. The number of hydrogen-bond acceptors (Lipinski definition) is 5. The molecule has 0 radical (unpaired) electrons. The van der Waals surface area contributed by atoms with E-state index in [9.17, 15) is 9.90 Å². The maximum atomic E-state index is 12.1. The molecule has 3 rings (SSSR count). The lowest BCUT2D eigenvalue weighted by atomic mass is 10.2. The number of nitrogens with one attached hydrogen (secondary N) is 2. The van der Waals surface area contributed by atoms with Crippen molar-refractivity contribution in [1.29, 1.82) is 0 Å². The molecule has 1 aromatic carbocycles. The van der Waals surface area contributed by atoms with E-state index in [-0.39, 0.29) is 27.4 Å². The van der Waals surface area contributed by atoms with E-state index < -0.39 is 5.91 Å². The van der Waals surface area contributed by atoms with Crippen molar-refractivity contribution < 1.29 is 9.90 Å². The third-order valence-corrected chi connectivity index (χ3v) is 3.26. The van der Waals surface area contributed by atoms with Crippen molar-refractivity contribution in [3.63, 3.8) is 0 Å². The van der Waals surface area contributed by atoms with Gasteiger partial charge in [-0.3, -0.25) is 10.1 Å². The average molecular weight is 324 g/mol. The van der Waals surface area contributed by atoms with Crippen molar-refractivity contribution in [2.24, 2.45) is 0 Å². The molecule has 1 amide bonds. The van der Waals surface area contributed by atoms with Crippen molar-refractivity contribution in [2.45, 2.75) is 0 Å². The molecule has 0 unspecified atom stereocenters. The number of aromatic hydroxyl groups is 1. The van der Waals surface area contributed by atoms with E-state index >= 15 is 0 Å². The number of hydrogen-bond donors (Lipinski definition) is 3. The lowest BCUT2D eigenvalue weighted by molar-refractivity contribution is 0.102. The molecule has 0 aliphatic rings. The number of phenols is 1. The molecule has 9 heteroatoms. The van der Waals surface area contributed by atoms with Gasteiger partial charge < -0.3 is 10.1 Å². The minimum absolute atomic E-state index is 0.0102. The zero-order valence-electron chi connectivity index (χ0n) is 10.3. The molecular formula is C12H7Cl2N5O2. The van der Waals surface area contributed by atoms with Crippen LogP contribution >= 0.6 is 23.2 Å². The highest BCUT2D eigenvalue weighted by atomic mass is 35.5. The van der Waals surface area contributed by atoms with Crippen molar-refractivity contribution in [2.75, 3.05) is 5.32 Å². The largest absolute Gasteiger partial charge is 0.508 e. The first-order chi connectivity index (χ1) is 10.0. The number of carbonyl (C=O) groups is 1. The van der Waals surface area contributed by atoms with Gasteiger partial charge in [0.15, 0.2) is 10.8 Å². The molecule has 0 spiro atoms. The van der Waals surface area contributed by atoms with Gasteiger partial charge in [-0.1, -0.05) is 23.2 Å². The summed E-state index contributed by atoms with van der Waals surface area (Å²) in [4.78, 5) is 26.8. The van der Waals surface area contributed by atoms with Crippen LogP contribution in [-0.2, 0) is 0 Å². The Morgan fingerprint density at radius 3 is 2.90 bits per heavy atom. The maximum absolute atomic E-state index is 12.1. The summed E-state index contributed by atoms with van der Waals surface area (Å²) >= 11 is 11.9. The number of fused-ring (bicyclic) bond motifs is 1. The first-order valence-electron chi connectivity index (χ1n) is 5.71. The predicted octanol–water partition coefficient (Wildman–Crippen LogP) is 2.62. The van der Waals surface area contributed by atoms with E-state index in [1.54, 1.807) is 0 Å². The Bertz CT molecular complexity index is 849. The van der Waals surface area contributed by atoms with Gasteiger partial charge in [0.2, 0.25) is 5.95 Å². The number of phenolic OH excluding ortho intramolecular Hbond substituents is 1. The summed E-state index contributed by atoms with van der Waals surface area (Å²) in [5, 5.41) is 12.2. The monoisotopic (exact) mass is 323 g/mol. The lowest BCUT2D eigenvalue weighted by Crippen LogP contribution is -2.14. The summed E-state index contributed by atoms with van der Waals surface area (Å²) in [5.41, 5.74) is 0.899. The second-order valence-electron chi connectivity index (χ2n) is 4.06. The standard InChI is InChI=1S/C12H7Cl2N5O2/c13-7-2-1-5(20)3-6(7)11(21)19-12-17-9(14)8-10(18-12)16-4-15-8/h1-4,20H,(H2,15,16,17,18,19,21). The molecule has 0 saturated heterocycles. The number of anilines is 1. The minimum Gasteiger partial charge on any atom is -0.508 e. The van der Waals surface area contributed by atoms with E-state index in [2.05, 4.69) is 25.3 Å². The van der Waals surface area contributed by atoms with Crippen LogP contribution in [0.15, 0.2) is 24.5 Å². The van der Waals surface area contributed by atoms with Crippen molar-refractivity contribution in [1.82, 2.24) is 19.9 Å². The summed E-state index contributed by atoms with van der Waals surface area (Å²) in [7, 11) is 0. The zero-order valence-corrected chi connectivity index (χ0v) is 11.8. The van der Waals surface area contributed by atoms with Crippen molar-refractivity contribution >= 4 is 46.2 Å². The van der Waals surface area contributed by atoms with Gasteiger partial charge in [0, 0.05) is 0 Å². The highest BCUT2D eigenvalue weighted by Crippen LogP contribution is 2.23. The third-order valence-electron chi connectivity index (χ3n) is 2.66. The van der Waals surface area contributed by atoms with E-state index in [1.807, 2.05) is 0 Å². The Morgan fingerprint density at radius 2 is 2.10 bits per heavy atom. The third kappa shape index (κ3) is 2.61. The summed E-state index contributed by atoms with van der Waals surface area (Å²) in [6.45, 7) is 0. The smallest absolute Gasteiger partial charge is 0.259 e. The van der Waals surface area contributed by atoms with Gasteiger partial charge in [-0.05, 0) is 18.2 Å². The Hall–Kier alpha value is -2.38. The molecule has 3 N–H and O–H groups in total. The van der Waals surface area contributed by atoms with E-state index in [0.29, 0.717) is 11.2 Å². The van der Waals surface area contributed by atoms with Crippen LogP contribution < -0.4 is 5.32 Å². The maximum Gasteiger partial charge on any atom is 0.259 e. The molecule has 0 bridgehead atoms. The quantitative estimate of drug-likeness (QED) is 0.629. The van der Waals surface area contributed by atoms with Gasteiger partial charge in [0.05, 0.1) is 16.9 Å². The molecule has 2 aromatic heterocycles. The number of aromatic amines is 1. The van der Waals surface area contributed by atoms with Gasteiger partial charge in [0.1, 0.15) is 11.3 Å². The molecule has 0 atom stereocenters. The molecule has 0 aliphatic heterocycles. The number of aromatic nitrogens is 4. The summed E-state index contributed by atoms with van der Waals surface area (Å²) in [5.74, 6) is -0.655. The fourth-order valence-electron chi connectivity index (χ4n) is 1.71. The van der Waals surface area contributed by atoms with Crippen LogP contribution in [0.5, 0.6) is 5.75 Å². The average Bonchev–Trinajstić information content (AvgIpc) is 2.90. The summed E-state index contributed by atoms with van der Waals surface area (Å²) in [6, 6.07) is 4.03. The van der Waals surface area contributed by atoms with E-state index in [0.717, 1.165) is 0 Å². The number of benzene rings is 1. The second-order valence-corrected chi connectivity index (χ2v) is 4.82. The molecule has 0 saturated carbocycles. The Morgan fingerprint density at radius 1 is 1.29 bits per heavy atom. The minimum atomic E-state index is -0.568. The molecule has 3 aromatic rings. The van der Waals surface area contributed by atoms with Crippen molar-refractivity contribution in [3.05, 3.63) is 40.3 Å². The number of amides is 1. The molecule has 0 fully saturated rings. The molecule has 106 valence electrons. The van der Waals surface area contributed by atoms with Crippen LogP contribution in [-0.4, -0.2) is 30.9 Å². The number of rotatable bonds is 2. The SMILES string of the molecule is O=C(Nc1nc(Cl)c2[nH]cnc2n1)c1cc(O)ccc1Cl. The van der Waals surface area contributed by atoms with Gasteiger partial charge in [-0.25, -0.2) is 4.98 Å². The highest BCUT2D eigenvalue weighted by molar-refractivity contribution is 6.35. The molecule has 21 heavy (non-hydrogen) atoms. The van der Waals surface area contributed by atoms with E-state index in [1.165, 1.54) is 24.5 Å². The van der Waals surface area contributed by atoms with Crippen LogP contribution in [0.25, 0.3) is 11.2 Å². The number of nitrogens with zero attached hydrogens (tertiary/aromatic N) is 3. The first-order valence-corrected chi connectivity index (χ1v) is 6.46. The summed E-state index contributed by atoms with van der Waals surface area (Å²) < 4.78 is 0. The molecule has 7 nitrogen and oxygen atoms in total. The van der Waals surface area contributed by atoms with Crippen LogP contribution in [0.4, 0.5) is 5.95 Å². The normalized spacial score (nSPS) is 10.8. The van der Waals surface area contributed by atoms with Gasteiger partial charge in [-0.15, -0.1) is 0 Å². The Balaban J connectivity index is 1.94. The van der Waals surface area contributed by atoms with Crippen LogP contribution in [0.3, 0.4) is 0 Å². The molecule has 2 heterocycles. The Kier molecular flexibility index (Phi) is 3.36.